The minimum Gasteiger partial charge on any atom is -0.392 e. The Morgan fingerprint density at radius 3 is 2.46 bits per heavy atom. The van der Waals surface area contributed by atoms with Crippen molar-refractivity contribution in [3.8, 4) is 0 Å². The molecule has 0 aromatic rings. The first-order valence-electron chi connectivity index (χ1n) is 4.91. The SMILES string of the molecule is CN1C[C@@H](O)C[C@@H]1COC(C)(C)C. The number of β-amino-alcohol motifs (C(OH)–C–C–N with tert-alkyl or cyclic N) is 1. The summed E-state index contributed by atoms with van der Waals surface area (Å²) in [5, 5.41) is 9.40. The molecule has 2 atom stereocenters. The van der Waals surface area contributed by atoms with Crippen LogP contribution in [0.5, 0.6) is 0 Å². The first kappa shape index (κ1) is 11.0. The van der Waals surface area contributed by atoms with Crippen LogP contribution in [0.4, 0.5) is 0 Å². The van der Waals surface area contributed by atoms with Crippen LogP contribution in [0.25, 0.3) is 0 Å². The van der Waals surface area contributed by atoms with Gasteiger partial charge in [-0.05, 0) is 34.2 Å². The van der Waals surface area contributed by atoms with Crippen molar-refractivity contribution < 1.29 is 9.84 Å². The van der Waals surface area contributed by atoms with Gasteiger partial charge in [0, 0.05) is 12.6 Å². The van der Waals surface area contributed by atoms with Crippen molar-refractivity contribution in [1.29, 1.82) is 0 Å². The minimum atomic E-state index is -0.168. The molecule has 0 bridgehead atoms. The average molecular weight is 187 g/mol. The Bertz CT molecular complexity index is 165. The van der Waals surface area contributed by atoms with Gasteiger partial charge in [-0.25, -0.2) is 0 Å². The van der Waals surface area contributed by atoms with E-state index in [4.69, 9.17) is 4.74 Å². The summed E-state index contributed by atoms with van der Waals surface area (Å²) >= 11 is 0. The van der Waals surface area contributed by atoms with E-state index in [0.717, 1.165) is 19.6 Å². The van der Waals surface area contributed by atoms with E-state index in [2.05, 4.69) is 25.7 Å². The highest BCUT2D eigenvalue weighted by Crippen LogP contribution is 2.18. The Morgan fingerprint density at radius 2 is 2.08 bits per heavy atom. The van der Waals surface area contributed by atoms with Gasteiger partial charge in [0.1, 0.15) is 0 Å². The molecule has 0 radical (unpaired) electrons. The highest BCUT2D eigenvalue weighted by molar-refractivity contribution is 4.83. The van der Waals surface area contributed by atoms with Gasteiger partial charge in [-0.15, -0.1) is 0 Å². The monoisotopic (exact) mass is 187 g/mol. The number of likely N-dealkylation sites (N-methyl/N-ethyl adjacent to an activating group) is 1. The second-order valence-electron chi connectivity index (χ2n) is 4.91. The van der Waals surface area contributed by atoms with Crippen LogP contribution in [-0.4, -0.2) is 48.0 Å². The summed E-state index contributed by atoms with van der Waals surface area (Å²) in [7, 11) is 2.03. The summed E-state index contributed by atoms with van der Waals surface area (Å²) in [5.74, 6) is 0. The summed E-state index contributed by atoms with van der Waals surface area (Å²) in [5.41, 5.74) is -0.0750. The van der Waals surface area contributed by atoms with Crippen LogP contribution in [0, 0.1) is 0 Å². The molecule has 1 fully saturated rings. The van der Waals surface area contributed by atoms with Crippen LogP contribution in [0.3, 0.4) is 0 Å². The summed E-state index contributed by atoms with van der Waals surface area (Å²) in [6.45, 7) is 7.66. The minimum absolute atomic E-state index is 0.0750. The Labute approximate surface area is 80.7 Å². The van der Waals surface area contributed by atoms with Gasteiger partial charge in [-0.2, -0.15) is 0 Å². The molecule has 13 heavy (non-hydrogen) atoms. The number of ether oxygens (including phenoxy) is 1. The predicted molar refractivity (Wildman–Crippen MR) is 52.7 cm³/mol. The second kappa shape index (κ2) is 3.95. The number of aliphatic hydroxyl groups is 1. The normalized spacial score (nSPS) is 31.2. The van der Waals surface area contributed by atoms with Crippen molar-refractivity contribution in [3.63, 3.8) is 0 Å². The molecule has 1 aliphatic rings. The first-order valence-corrected chi connectivity index (χ1v) is 4.91. The van der Waals surface area contributed by atoms with Gasteiger partial charge in [-0.3, -0.25) is 4.90 Å². The third kappa shape index (κ3) is 3.63. The van der Waals surface area contributed by atoms with E-state index in [9.17, 15) is 5.11 Å². The van der Waals surface area contributed by atoms with Crippen LogP contribution in [0.15, 0.2) is 0 Å². The average Bonchev–Trinajstić information content (AvgIpc) is 2.24. The van der Waals surface area contributed by atoms with Crippen LogP contribution in [0.2, 0.25) is 0 Å². The molecule has 1 saturated heterocycles. The van der Waals surface area contributed by atoms with Crippen molar-refractivity contribution >= 4 is 0 Å². The van der Waals surface area contributed by atoms with Gasteiger partial charge in [0.2, 0.25) is 0 Å². The molecular weight excluding hydrogens is 166 g/mol. The van der Waals surface area contributed by atoms with Gasteiger partial charge in [-0.1, -0.05) is 0 Å². The number of rotatable bonds is 2. The largest absolute Gasteiger partial charge is 0.392 e. The van der Waals surface area contributed by atoms with E-state index in [-0.39, 0.29) is 11.7 Å². The lowest BCUT2D eigenvalue weighted by atomic mass is 10.1. The lowest BCUT2D eigenvalue weighted by Crippen LogP contribution is -2.33. The van der Waals surface area contributed by atoms with Crippen molar-refractivity contribution in [2.24, 2.45) is 0 Å². The maximum atomic E-state index is 9.40. The van der Waals surface area contributed by atoms with Crippen LogP contribution < -0.4 is 0 Å². The quantitative estimate of drug-likeness (QED) is 0.696. The zero-order valence-electron chi connectivity index (χ0n) is 9.08. The van der Waals surface area contributed by atoms with Gasteiger partial charge in [0.25, 0.3) is 0 Å². The maximum absolute atomic E-state index is 9.40. The van der Waals surface area contributed by atoms with Gasteiger partial charge in [0.05, 0.1) is 18.3 Å². The van der Waals surface area contributed by atoms with Crippen LogP contribution in [-0.2, 0) is 4.74 Å². The number of hydrogen-bond acceptors (Lipinski definition) is 3. The van der Waals surface area contributed by atoms with Crippen molar-refractivity contribution in [2.45, 2.75) is 44.9 Å². The van der Waals surface area contributed by atoms with Gasteiger partial charge in [0.15, 0.2) is 0 Å². The highest BCUT2D eigenvalue weighted by Gasteiger charge is 2.29. The number of likely N-dealkylation sites (tertiary alicyclic amines) is 1. The first-order chi connectivity index (χ1) is 5.88. The molecule has 0 spiro atoms. The van der Waals surface area contributed by atoms with Crippen molar-refractivity contribution in [3.05, 3.63) is 0 Å². The molecule has 78 valence electrons. The molecule has 1 heterocycles. The Balaban J connectivity index is 2.30. The second-order valence-corrected chi connectivity index (χ2v) is 4.91. The number of hydrogen-bond donors (Lipinski definition) is 1. The molecule has 1 rings (SSSR count). The van der Waals surface area contributed by atoms with E-state index in [1.807, 2.05) is 7.05 Å². The zero-order valence-corrected chi connectivity index (χ0v) is 9.08. The molecule has 0 amide bonds. The van der Waals surface area contributed by atoms with E-state index < -0.39 is 0 Å². The molecule has 0 aromatic carbocycles. The number of aliphatic hydroxyl groups excluding tert-OH is 1. The molecule has 1 aliphatic heterocycles. The van der Waals surface area contributed by atoms with E-state index in [0.29, 0.717) is 6.04 Å². The Morgan fingerprint density at radius 1 is 1.46 bits per heavy atom. The zero-order chi connectivity index (χ0) is 10.1. The summed E-state index contributed by atoms with van der Waals surface area (Å²) < 4.78 is 5.68. The highest BCUT2D eigenvalue weighted by atomic mass is 16.5. The number of nitrogens with zero attached hydrogens (tertiary/aromatic N) is 1. The van der Waals surface area contributed by atoms with Crippen LogP contribution in [0.1, 0.15) is 27.2 Å². The molecule has 1 N–H and O–H groups in total. The van der Waals surface area contributed by atoms with Crippen molar-refractivity contribution in [2.75, 3.05) is 20.2 Å². The van der Waals surface area contributed by atoms with E-state index in [1.165, 1.54) is 0 Å². The summed E-state index contributed by atoms with van der Waals surface area (Å²) in [6.07, 6.45) is 0.672. The molecular formula is C10H21NO2. The molecule has 3 nitrogen and oxygen atoms in total. The fourth-order valence-corrected chi connectivity index (χ4v) is 1.59. The lowest BCUT2D eigenvalue weighted by molar-refractivity contribution is -0.0254. The lowest BCUT2D eigenvalue weighted by Gasteiger charge is -2.25. The fraction of sp³-hybridized carbons (Fsp3) is 1.00. The predicted octanol–water partition coefficient (Wildman–Crippen LogP) is 0.866. The van der Waals surface area contributed by atoms with E-state index in [1.54, 1.807) is 0 Å². The molecule has 3 heteroatoms. The topological polar surface area (TPSA) is 32.7 Å². The molecule has 0 saturated carbocycles. The Hall–Kier alpha value is -0.120. The summed E-state index contributed by atoms with van der Waals surface area (Å²) in [6, 6.07) is 0.384. The van der Waals surface area contributed by atoms with Gasteiger partial charge < -0.3 is 9.84 Å². The van der Waals surface area contributed by atoms with Crippen LogP contribution >= 0.6 is 0 Å². The third-order valence-corrected chi connectivity index (χ3v) is 2.37. The van der Waals surface area contributed by atoms with Gasteiger partial charge >= 0.3 is 0 Å². The standard InChI is InChI=1S/C10H21NO2/c1-10(2,3)13-7-8-5-9(12)6-11(8)4/h8-9,12H,5-7H2,1-4H3/t8-,9+/m1/s1. The maximum Gasteiger partial charge on any atom is 0.0682 e. The fourth-order valence-electron chi connectivity index (χ4n) is 1.59. The Kier molecular flexibility index (Phi) is 3.33. The smallest absolute Gasteiger partial charge is 0.0682 e. The molecule has 0 aromatic heterocycles. The molecule has 0 aliphatic carbocycles. The third-order valence-electron chi connectivity index (χ3n) is 2.37. The summed E-state index contributed by atoms with van der Waals surface area (Å²) in [4.78, 5) is 2.16. The van der Waals surface area contributed by atoms with Crippen molar-refractivity contribution in [1.82, 2.24) is 4.90 Å². The molecule has 0 unspecified atom stereocenters. The van der Waals surface area contributed by atoms with E-state index >= 15 is 0 Å².